The quantitative estimate of drug-likeness (QED) is 0.838. The second-order valence-electron chi connectivity index (χ2n) is 4.98. The van der Waals surface area contributed by atoms with Crippen LogP contribution >= 0.6 is 0 Å². The highest BCUT2D eigenvalue weighted by Crippen LogP contribution is 2.33. The fourth-order valence-corrected chi connectivity index (χ4v) is 2.70. The van der Waals surface area contributed by atoms with Crippen LogP contribution in [-0.2, 0) is 12.8 Å². The zero-order valence-corrected chi connectivity index (χ0v) is 12.2. The maximum absolute atomic E-state index is 6.06. The number of anilines is 1. The molecule has 0 radical (unpaired) electrons. The molecule has 2 N–H and O–H groups in total. The number of benzene rings is 1. The highest BCUT2D eigenvalue weighted by atomic mass is 14.7. The van der Waals surface area contributed by atoms with Gasteiger partial charge in [-0.3, -0.25) is 4.98 Å². The first-order valence-electron chi connectivity index (χ1n) is 6.92. The molecule has 1 heterocycles. The minimum absolute atomic E-state index is 0.839. The maximum atomic E-state index is 6.06. The fraction of sp³-hybridized carbons (Fsp3) is 0.353. The van der Waals surface area contributed by atoms with Crippen molar-refractivity contribution in [3.8, 4) is 11.3 Å². The van der Waals surface area contributed by atoms with Crippen molar-refractivity contribution in [2.75, 3.05) is 5.73 Å². The van der Waals surface area contributed by atoms with Gasteiger partial charge in [-0.1, -0.05) is 19.9 Å². The van der Waals surface area contributed by atoms with Gasteiger partial charge in [0.2, 0.25) is 0 Å². The number of pyridine rings is 1. The molecule has 0 fully saturated rings. The van der Waals surface area contributed by atoms with Gasteiger partial charge in [-0.2, -0.15) is 0 Å². The van der Waals surface area contributed by atoms with Gasteiger partial charge in [-0.15, -0.1) is 0 Å². The number of nitrogens with zero attached hydrogens (tertiary/aromatic N) is 1. The standard InChI is InChI=1S/C17H22N2/c1-5-13-9-10-19-17(14(13)6-2)16-11(3)7-8-15(18)12(16)4/h7-10H,5-6,18H2,1-4H3. The van der Waals surface area contributed by atoms with E-state index < -0.39 is 0 Å². The van der Waals surface area contributed by atoms with Crippen molar-refractivity contribution in [1.82, 2.24) is 4.98 Å². The summed E-state index contributed by atoms with van der Waals surface area (Å²) in [5.41, 5.74) is 14.3. The molecule has 0 aliphatic heterocycles. The molecule has 0 atom stereocenters. The summed E-state index contributed by atoms with van der Waals surface area (Å²) in [6.07, 6.45) is 3.95. The Labute approximate surface area is 115 Å². The lowest BCUT2D eigenvalue weighted by Crippen LogP contribution is -2.02. The number of aryl methyl sites for hydroxylation is 2. The van der Waals surface area contributed by atoms with E-state index in [9.17, 15) is 0 Å². The Morgan fingerprint density at radius 1 is 1.05 bits per heavy atom. The van der Waals surface area contributed by atoms with Crippen LogP contribution in [0, 0.1) is 13.8 Å². The lowest BCUT2D eigenvalue weighted by atomic mass is 9.92. The maximum Gasteiger partial charge on any atom is 0.0742 e. The minimum Gasteiger partial charge on any atom is -0.398 e. The van der Waals surface area contributed by atoms with E-state index in [4.69, 9.17) is 5.73 Å². The Morgan fingerprint density at radius 2 is 1.79 bits per heavy atom. The SMILES string of the molecule is CCc1ccnc(-c2c(C)ccc(N)c2C)c1CC. The van der Waals surface area contributed by atoms with Gasteiger partial charge in [0.1, 0.15) is 0 Å². The van der Waals surface area contributed by atoms with Crippen molar-refractivity contribution >= 4 is 5.69 Å². The van der Waals surface area contributed by atoms with Gasteiger partial charge in [0.25, 0.3) is 0 Å². The van der Waals surface area contributed by atoms with Crippen LogP contribution < -0.4 is 5.73 Å². The van der Waals surface area contributed by atoms with E-state index in [-0.39, 0.29) is 0 Å². The number of nitrogen functional groups attached to an aromatic ring is 1. The molecule has 19 heavy (non-hydrogen) atoms. The van der Waals surface area contributed by atoms with Crippen LogP contribution in [-0.4, -0.2) is 4.98 Å². The first kappa shape index (κ1) is 13.6. The number of hydrogen-bond acceptors (Lipinski definition) is 2. The van der Waals surface area contributed by atoms with Crippen LogP contribution in [0.3, 0.4) is 0 Å². The Hall–Kier alpha value is -1.83. The third-order valence-electron chi connectivity index (χ3n) is 3.84. The molecule has 0 bridgehead atoms. The first-order chi connectivity index (χ1) is 9.10. The van der Waals surface area contributed by atoms with Crippen molar-refractivity contribution in [3.63, 3.8) is 0 Å². The summed E-state index contributed by atoms with van der Waals surface area (Å²) in [5, 5.41) is 0. The van der Waals surface area contributed by atoms with Crippen molar-refractivity contribution in [2.45, 2.75) is 40.5 Å². The second kappa shape index (κ2) is 5.43. The van der Waals surface area contributed by atoms with Crippen molar-refractivity contribution in [3.05, 3.63) is 46.6 Å². The molecule has 2 heteroatoms. The predicted octanol–water partition coefficient (Wildman–Crippen LogP) is 4.07. The van der Waals surface area contributed by atoms with E-state index in [1.807, 2.05) is 12.3 Å². The van der Waals surface area contributed by atoms with Gasteiger partial charge in [0.15, 0.2) is 0 Å². The van der Waals surface area contributed by atoms with Crippen LogP contribution in [0.4, 0.5) is 5.69 Å². The van der Waals surface area contributed by atoms with E-state index in [1.54, 1.807) is 0 Å². The number of rotatable bonds is 3. The molecule has 2 nitrogen and oxygen atoms in total. The molecular weight excluding hydrogens is 232 g/mol. The molecule has 0 unspecified atom stereocenters. The summed E-state index contributed by atoms with van der Waals surface area (Å²) >= 11 is 0. The minimum atomic E-state index is 0.839. The van der Waals surface area contributed by atoms with Gasteiger partial charge in [-0.05, 0) is 61.1 Å². The van der Waals surface area contributed by atoms with Crippen molar-refractivity contribution < 1.29 is 0 Å². The molecule has 2 aromatic rings. The van der Waals surface area contributed by atoms with Gasteiger partial charge in [0.05, 0.1) is 5.69 Å². The van der Waals surface area contributed by atoms with Crippen LogP contribution in [0.15, 0.2) is 24.4 Å². The predicted molar refractivity (Wildman–Crippen MR) is 82.3 cm³/mol. The monoisotopic (exact) mass is 254 g/mol. The molecule has 0 saturated carbocycles. The zero-order chi connectivity index (χ0) is 14.0. The van der Waals surface area contributed by atoms with E-state index in [2.05, 4.69) is 44.8 Å². The molecular formula is C17H22N2. The summed E-state index contributed by atoms with van der Waals surface area (Å²) in [6, 6.07) is 6.18. The van der Waals surface area contributed by atoms with Gasteiger partial charge < -0.3 is 5.73 Å². The molecule has 1 aromatic carbocycles. The topological polar surface area (TPSA) is 38.9 Å². The normalized spacial score (nSPS) is 10.7. The molecule has 2 rings (SSSR count). The third kappa shape index (κ3) is 2.35. The third-order valence-corrected chi connectivity index (χ3v) is 3.84. The lowest BCUT2D eigenvalue weighted by molar-refractivity contribution is 1.01. The Morgan fingerprint density at radius 3 is 2.42 bits per heavy atom. The molecule has 0 amide bonds. The second-order valence-corrected chi connectivity index (χ2v) is 4.98. The number of nitrogens with two attached hydrogens (primary N) is 1. The van der Waals surface area contributed by atoms with E-state index in [0.717, 1.165) is 29.8 Å². The lowest BCUT2D eigenvalue weighted by Gasteiger charge is -2.16. The summed E-state index contributed by atoms with van der Waals surface area (Å²) in [7, 11) is 0. The van der Waals surface area contributed by atoms with Crippen LogP contribution in [0.2, 0.25) is 0 Å². The zero-order valence-electron chi connectivity index (χ0n) is 12.2. The number of aromatic nitrogens is 1. The Balaban J connectivity index is 2.76. The molecule has 0 aliphatic carbocycles. The summed E-state index contributed by atoms with van der Waals surface area (Å²) < 4.78 is 0. The number of hydrogen-bond donors (Lipinski definition) is 1. The van der Waals surface area contributed by atoms with Gasteiger partial charge in [-0.25, -0.2) is 0 Å². The van der Waals surface area contributed by atoms with E-state index in [1.165, 1.54) is 22.3 Å². The van der Waals surface area contributed by atoms with Crippen molar-refractivity contribution in [1.29, 1.82) is 0 Å². The van der Waals surface area contributed by atoms with Gasteiger partial charge >= 0.3 is 0 Å². The molecule has 100 valence electrons. The first-order valence-corrected chi connectivity index (χ1v) is 6.92. The smallest absolute Gasteiger partial charge is 0.0742 e. The summed E-state index contributed by atoms with van der Waals surface area (Å²) in [4.78, 5) is 4.64. The highest BCUT2D eigenvalue weighted by Gasteiger charge is 2.14. The molecule has 0 aliphatic rings. The fourth-order valence-electron chi connectivity index (χ4n) is 2.70. The summed E-state index contributed by atoms with van der Waals surface area (Å²) in [6.45, 7) is 8.59. The average Bonchev–Trinajstić information content (AvgIpc) is 2.43. The highest BCUT2D eigenvalue weighted by molar-refractivity contribution is 5.76. The van der Waals surface area contributed by atoms with Gasteiger partial charge in [0, 0.05) is 17.4 Å². The Bertz CT molecular complexity index is 600. The van der Waals surface area contributed by atoms with Crippen LogP contribution in [0.25, 0.3) is 11.3 Å². The molecule has 1 aromatic heterocycles. The summed E-state index contributed by atoms with van der Waals surface area (Å²) in [5.74, 6) is 0. The largest absolute Gasteiger partial charge is 0.398 e. The molecule has 0 saturated heterocycles. The van der Waals surface area contributed by atoms with E-state index >= 15 is 0 Å². The van der Waals surface area contributed by atoms with Crippen molar-refractivity contribution in [2.24, 2.45) is 0 Å². The molecule has 0 spiro atoms. The van der Waals surface area contributed by atoms with E-state index in [0.29, 0.717) is 0 Å². The average molecular weight is 254 g/mol. The van der Waals surface area contributed by atoms with Crippen LogP contribution in [0.1, 0.15) is 36.1 Å². The van der Waals surface area contributed by atoms with Crippen LogP contribution in [0.5, 0.6) is 0 Å². The Kier molecular flexibility index (Phi) is 3.89.